The fraction of sp³-hybridized carbons (Fsp3) is 0.357. The van der Waals surface area contributed by atoms with Crippen LogP contribution in [0.1, 0.15) is 52.9 Å². The first-order valence-electron chi connectivity index (χ1n) is 12.0. The van der Waals surface area contributed by atoms with E-state index in [4.69, 9.17) is 4.74 Å². The van der Waals surface area contributed by atoms with Gasteiger partial charge >= 0.3 is 0 Å². The summed E-state index contributed by atoms with van der Waals surface area (Å²) in [5.74, 6) is 0.127. The first-order valence-corrected chi connectivity index (χ1v) is 12.9. The van der Waals surface area contributed by atoms with Gasteiger partial charge in [0.15, 0.2) is 0 Å². The van der Waals surface area contributed by atoms with Crippen LogP contribution in [0.25, 0.3) is 0 Å². The summed E-state index contributed by atoms with van der Waals surface area (Å²) in [7, 11) is 1.59. The third-order valence-electron chi connectivity index (χ3n) is 6.49. The minimum absolute atomic E-state index is 0.0160. The number of ether oxygens (including phenoxy) is 1. The lowest BCUT2D eigenvalue weighted by Crippen LogP contribution is -2.48. The van der Waals surface area contributed by atoms with Gasteiger partial charge in [-0.2, -0.15) is 0 Å². The summed E-state index contributed by atoms with van der Waals surface area (Å²) in [5, 5.41) is 1.98. The molecule has 1 heterocycles. The summed E-state index contributed by atoms with van der Waals surface area (Å²) in [5.41, 5.74) is 1.40. The van der Waals surface area contributed by atoms with E-state index >= 15 is 0 Å². The topological polar surface area (TPSA) is 49.9 Å². The number of nitrogens with zero attached hydrogens (tertiary/aromatic N) is 2. The zero-order valence-electron chi connectivity index (χ0n) is 20.0. The number of halogens is 1. The molecule has 3 aromatic rings. The molecule has 2 aromatic carbocycles. The predicted octanol–water partition coefficient (Wildman–Crippen LogP) is 5.90. The maximum Gasteiger partial charge on any atom is 0.254 e. The number of rotatable bonds is 9. The van der Waals surface area contributed by atoms with Crippen LogP contribution >= 0.6 is 11.3 Å². The fourth-order valence-electron chi connectivity index (χ4n) is 4.54. The van der Waals surface area contributed by atoms with E-state index < -0.39 is 0 Å². The zero-order valence-corrected chi connectivity index (χ0v) is 20.8. The Balaban J connectivity index is 1.56. The third-order valence-corrected chi connectivity index (χ3v) is 7.35. The molecule has 1 aromatic heterocycles. The normalized spacial score (nSPS) is 13.9. The Morgan fingerprint density at radius 3 is 2.31 bits per heavy atom. The maximum absolute atomic E-state index is 13.7. The number of carbonyl (C=O) groups is 2. The lowest BCUT2D eigenvalue weighted by molar-refractivity contribution is -0.133. The number of benzene rings is 2. The van der Waals surface area contributed by atoms with E-state index in [2.05, 4.69) is 0 Å². The number of amides is 2. The Labute approximate surface area is 210 Å². The summed E-state index contributed by atoms with van der Waals surface area (Å²) in [6.07, 6.45) is 5.07. The summed E-state index contributed by atoms with van der Waals surface area (Å²) < 4.78 is 18.7. The van der Waals surface area contributed by atoms with Crippen LogP contribution in [-0.4, -0.2) is 41.3 Å². The molecule has 7 heteroatoms. The van der Waals surface area contributed by atoms with Crippen molar-refractivity contribution in [1.29, 1.82) is 0 Å². The Morgan fingerprint density at radius 2 is 1.69 bits per heavy atom. The van der Waals surface area contributed by atoms with Gasteiger partial charge in [0, 0.05) is 23.0 Å². The summed E-state index contributed by atoms with van der Waals surface area (Å²) >= 11 is 1.59. The van der Waals surface area contributed by atoms with Crippen LogP contribution < -0.4 is 4.74 Å². The molecule has 0 bridgehead atoms. The molecule has 184 valence electrons. The van der Waals surface area contributed by atoms with Crippen molar-refractivity contribution in [3.8, 4) is 5.75 Å². The smallest absolute Gasteiger partial charge is 0.254 e. The quantitative estimate of drug-likeness (QED) is 0.372. The monoisotopic (exact) mass is 494 g/mol. The maximum atomic E-state index is 13.7. The van der Waals surface area contributed by atoms with Crippen molar-refractivity contribution >= 4 is 23.2 Å². The van der Waals surface area contributed by atoms with Crippen LogP contribution in [0.4, 0.5) is 4.39 Å². The minimum Gasteiger partial charge on any atom is -0.497 e. The van der Waals surface area contributed by atoms with E-state index in [9.17, 15) is 14.0 Å². The van der Waals surface area contributed by atoms with Gasteiger partial charge in [-0.3, -0.25) is 9.59 Å². The summed E-state index contributed by atoms with van der Waals surface area (Å²) in [6.45, 7) is 0.817. The molecule has 0 radical (unpaired) electrons. The molecule has 0 spiro atoms. The van der Waals surface area contributed by atoms with Crippen molar-refractivity contribution in [1.82, 2.24) is 9.80 Å². The van der Waals surface area contributed by atoms with Crippen molar-refractivity contribution in [2.45, 2.75) is 51.2 Å². The van der Waals surface area contributed by atoms with Crippen molar-refractivity contribution in [2.24, 2.45) is 0 Å². The number of hydrogen-bond acceptors (Lipinski definition) is 4. The van der Waals surface area contributed by atoms with Gasteiger partial charge in [0.25, 0.3) is 5.91 Å². The van der Waals surface area contributed by atoms with E-state index in [-0.39, 0.29) is 30.2 Å². The molecule has 2 amide bonds. The molecule has 1 aliphatic rings. The second kappa shape index (κ2) is 12.0. The van der Waals surface area contributed by atoms with Crippen LogP contribution in [0.3, 0.4) is 0 Å². The first kappa shape index (κ1) is 24.9. The standard InChI is InChI=1S/C28H31FN2O3S/c1-34-25-15-11-22(12-16-25)28(33)31(24-6-3-2-4-7-24)20-27(32)30(19-26-8-5-17-35-26)18-21-9-13-23(29)14-10-21/h5,8-17,24H,2-4,6-7,18-20H2,1H3. The second-order valence-electron chi connectivity index (χ2n) is 8.91. The highest BCUT2D eigenvalue weighted by Crippen LogP contribution is 2.25. The molecule has 0 aliphatic heterocycles. The fourth-order valence-corrected chi connectivity index (χ4v) is 5.26. The van der Waals surface area contributed by atoms with Gasteiger partial charge in [0.05, 0.1) is 13.7 Å². The lowest BCUT2D eigenvalue weighted by atomic mass is 9.93. The second-order valence-corrected chi connectivity index (χ2v) is 9.94. The van der Waals surface area contributed by atoms with E-state index in [1.54, 1.807) is 64.6 Å². The van der Waals surface area contributed by atoms with E-state index in [0.29, 0.717) is 24.4 Å². The average Bonchev–Trinajstić information content (AvgIpc) is 3.41. The van der Waals surface area contributed by atoms with E-state index in [1.807, 2.05) is 17.5 Å². The van der Waals surface area contributed by atoms with Crippen LogP contribution in [0, 0.1) is 5.82 Å². The highest BCUT2D eigenvalue weighted by atomic mass is 32.1. The molecule has 1 aliphatic carbocycles. The van der Waals surface area contributed by atoms with Crippen LogP contribution in [0.5, 0.6) is 5.75 Å². The van der Waals surface area contributed by atoms with Gasteiger partial charge < -0.3 is 14.5 Å². The van der Waals surface area contributed by atoms with Crippen molar-refractivity contribution in [3.63, 3.8) is 0 Å². The Morgan fingerprint density at radius 1 is 0.971 bits per heavy atom. The highest BCUT2D eigenvalue weighted by Gasteiger charge is 2.30. The van der Waals surface area contributed by atoms with Crippen molar-refractivity contribution < 1.29 is 18.7 Å². The molecular formula is C28H31FN2O3S. The highest BCUT2D eigenvalue weighted by molar-refractivity contribution is 7.09. The first-order chi connectivity index (χ1) is 17.0. The molecule has 35 heavy (non-hydrogen) atoms. The summed E-state index contributed by atoms with van der Waals surface area (Å²) in [6, 6.07) is 17.3. The molecule has 0 unspecified atom stereocenters. The molecule has 1 fully saturated rings. The van der Waals surface area contributed by atoms with Gasteiger partial charge in [0.1, 0.15) is 18.1 Å². The lowest BCUT2D eigenvalue weighted by Gasteiger charge is -2.35. The SMILES string of the molecule is COc1ccc(C(=O)N(CC(=O)N(Cc2ccc(F)cc2)Cc2cccs2)C2CCCCC2)cc1. The summed E-state index contributed by atoms with van der Waals surface area (Å²) in [4.78, 5) is 31.8. The predicted molar refractivity (Wildman–Crippen MR) is 136 cm³/mol. The minimum atomic E-state index is -0.307. The van der Waals surface area contributed by atoms with E-state index in [0.717, 1.165) is 42.5 Å². The van der Waals surface area contributed by atoms with Crippen LogP contribution in [-0.2, 0) is 17.9 Å². The molecule has 5 nitrogen and oxygen atoms in total. The Hall–Kier alpha value is -3.19. The number of hydrogen-bond donors (Lipinski definition) is 0. The van der Waals surface area contributed by atoms with Gasteiger partial charge in [-0.25, -0.2) is 4.39 Å². The largest absolute Gasteiger partial charge is 0.497 e. The average molecular weight is 495 g/mol. The molecule has 0 N–H and O–H groups in total. The number of thiophene rings is 1. The molecule has 0 saturated heterocycles. The van der Waals surface area contributed by atoms with Crippen molar-refractivity contribution in [2.75, 3.05) is 13.7 Å². The van der Waals surface area contributed by atoms with E-state index in [1.165, 1.54) is 12.1 Å². The van der Waals surface area contributed by atoms with Crippen molar-refractivity contribution in [3.05, 3.63) is 87.9 Å². The van der Waals surface area contributed by atoms with Gasteiger partial charge in [-0.05, 0) is 66.2 Å². The van der Waals surface area contributed by atoms with Gasteiger partial charge in [-0.15, -0.1) is 11.3 Å². The molecular weight excluding hydrogens is 463 g/mol. The molecule has 1 saturated carbocycles. The number of carbonyl (C=O) groups excluding carboxylic acids is 2. The Kier molecular flexibility index (Phi) is 8.53. The van der Waals surface area contributed by atoms with Crippen LogP contribution in [0.2, 0.25) is 0 Å². The van der Waals surface area contributed by atoms with Crippen LogP contribution in [0.15, 0.2) is 66.0 Å². The molecule has 4 rings (SSSR count). The number of methoxy groups -OCH3 is 1. The van der Waals surface area contributed by atoms with Gasteiger partial charge in [-0.1, -0.05) is 37.5 Å². The third kappa shape index (κ3) is 6.69. The zero-order chi connectivity index (χ0) is 24.6. The molecule has 0 atom stereocenters. The van der Waals surface area contributed by atoms with Gasteiger partial charge in [0.2, 0.25) is 5.91 Å². The Bertz CT molecular complexity index is 1090.